The van der Waals surface area contributed by atoms with Crippen LogP contribution >= 0.6 is 0 Å². The summed E-state index contributed by atoms with van der Waals surface area (Å²) in [6, 6.07) is 0. The summed E-state index contributed by atoms with van der Waals surface area (Å²) in [6.45, 7) is 3.93. The van der Waals surface area contributed by atoms with E-state index in [2.05, 4.69) is 6.92 Å². The molecule has 1 unspecified atom stereocenters. The first-order valence-corrected chi connectivity index (χ1v) is 3.23. The summed E-state index contributed by atoms with van der Waals surface area (Å²) < 4.78 is 12.5. The number of rotatable bonds is 0. The standard InChI is InChI=1S/C8H11F/c1-6-3-4-8(9)7(2)5-6/h3-4,6H,5H2,1-2H3. The van der Waals surface area contributed by atoms with Crippen LogP contribution in [0.25, 0.3) is 0 Å². The second-order valence-corrected chi connectivity index (χ2v) is 2.67. The van der Waals surface area contributed by atoms with E-state index in [9.17, 15) is 4.39 Å². The van der Waals surface area contributed by atoms with Crippen molar-refractivity contribution in [3.63, 3.8) is 0 Å². The fourth-order valence-electron chi connectivity index (χ4n) is 1.04. The van der Waals surface area contributed by atoms with Gasteiger partial charge in [-0.1, -0.05) is 13.0 Å². The first-order chi connectivity index (χ1) is 4.20. The molecular formula is C8H11F. The maximum atomic E-state index is 12.5. The normalized spacial score (nSPS) is 27.2. The first-order valence-electron chi connectivity index (χ1n) is 3.23. The molecule has 0 saturated carbocycles. The largest absolute Gasteiger partial charge is 0.207 e. The predicted molar refractivity (Wildman–Crippen MR) is 36.7 cm³/mol. The molecule has 1 atom stereocenters. The Morgan fingerprint density at radius 2 is 2.33 bits per heavy atom. The van der Waals surface area contributed by atoms with Gasteiger partial charge in [-0.2, -0.15) is 0 Å². The number of hydrogen-bond donors (Lipinski definition) is 0. The smallest absolute Gasteiger partial charge is 0.121 e. The Morgan fingerprint density at radius 1 is 1.67 bits per heavy atom. The third-order valence-corrected chi connectivity index (χ3v) is 1.61. The average Bonchev–Trinajstić information content (AvgIpc) is 1.80. The lowest BCUT2D eigenvalue weighted by atomic mass is 9.97. The molecule has 0 amide bonds. The molecule has 0 saturated heterocycles. The minimum atomic E-state index is -0.0481. The molecule has 0 nitrogen and oxygen atoms in total. The topological polar surface area (TPSA) is 0 Å². The van der Waals surface area contributed by atoms with E-state index >= 15 is 0 Å². The Hall–Kier alpha value is -0.590. The summed E-state index contributed by atoms with van der Waals surface area (Å²) >= 11 is 0. The second kappa shape index (κ2) is 2.34. The van der Waals surface area contributed by atoms with Gasteiger partial charge in [0.05, 0.1) is 0 Å². The van der Waals surface area contributed by atoms with Crippen LogP contribution in [0.5, 0.6) is 0 Å². The predicted octanol–water partition coefficient (Wildman–Crippen LogP) is 2.83. The van der Waals surface area contributed by atoms with E-state index in [1.807, 2.05) is 13.0 Å². The van der Waals surface area contributed by atoms with Crippen molar-refractivity contribution >= 4 is 0 Å². The molecular weight excluding hydrogens is 115 g/mol. The van der Waals surface area contributed by atoms with E-state index in [0.29, 0.717) is 5.92 Å². The number of halogens is 1. The third-order valence-electron chi connectivity index (χ3n) is 1.61. The van der Waals surface area contributed by atoms with Crippen molar-refractivity contribution in [3.8, 4) is 0 Å². The highest BCUT2D eigenvalue weighted by molar-refractivity contribution is 5.23. The van der Waals surface area contributed by atoms with E-state index in [-0.39, 0.29) is 5.83 Å². The van der Waals surface area contributed by atoms with Gasteiger partial charge in [-0.15, -0.1) is 0 Å². The van der Waals surface area contributed by atoms with Crippen LogP contribution in [-0.2, 0) is 0 Å². The Bertz CT molecular complexity index is 165. The summed E-state index contributed by atoms with van der Waals surface area (Å²) in [5.74, 6) is 0.470. The maximum Gasteiger partial charge on any atom is 0.121 e. The number of hydrogen-bond acceptors (Lipinski definition) is 0. The van der Waals surface area contributed by atoms with Gasteiger partial charge in [0.15, 0.2) is 0 Å². The van der Waals surface area contributed by atoms with Crippen LogP contribution in [0.15, 0.2) is 23.6 Å². The maximum absolute atomic E-state index is 12.5. The minimum Gasteiger partial charge on any atom is -0.207 e. The summed E-state index contributed by atoms with van der Waals surface area (Å²) in [5, 5.41) is 0. The van der Waals surface area contributed by atoms with Crippen LogP contribution in [0, 0.1) is 5.92 Å². The van der Waals surface area contributed by atoms with Gasteiger partial charge in [-0.05, 0) is 30.9 Å². The monoisotopic (exact) mass is 126 g/mol. The van der Waals surface area contributed by atoms with Crippen LogP contribution in [0.3, 0.4) is 0 Å². The molecule has 1 rings (SSSR count). The van der Waals surface area contributed by atoms with Gasteiger partial charge in [0.1, 0.15) is 5.83 Å². The minimum absolute atomic E-state index is 0.0481. The molecule has 9 heavy (non-hydrogen) atoms. The lowest BCUT2D eigenvalue weighted by Gasteiger charge is -2.11. The van der Waals surface area contributed by atoms with E-state index in [1.165, 1.54) is 0 Å². The zero-order valence-corrected chi connectivity index (χ0v) is 5.82. The quantitative estimate of drug-likeness (QED) is 0.468. The highest BCUT2D eigenvalue weighted by atomic mass is 19.1. The Labute approximate surface area is 55.1 Å². The molecule has 1 aliphatic rings. The van der Waals surface area contributed by atoms with E-state index in [4.69, 9.17) is 0 Å². The Morgan fingerprint density at radius 3 is 2.78 bits per heavy atom. The van der Waals surface area contributed by atoms with Crippen molar-refractivity contribution in [1.82, 2.24) is 0 Å². The highest BCUT2D eigenvalue weighted by Crippen LogP contribution is 2.22. The SMILES string of the molecule is CC1=C(F)C=CC(C)C1. The first kappa shape index (κ1) is 6.53. The molecule has 0 aromatic rings. The molecule has 0 fully saturated rings. The van der Waals surface area contributed by atoms with Gasteiger partial charge in [-0.3, -0.25) is 0 Å². The highest BCUT2D eigenvalue weighted by Gasteiger charge is 2.07. The molecule has 50 valence electrons. The molecule has 0 heterocycles. The van der Waals surface area contributed by atoms with Crippen LogP contribution in [0.4, 0.5) is 4.39 Å². The van der Waals surface area contributed by atoms with Crippen LogP contribution in [0.1, 0.15) is 20.3 Å². The Balaban J connectivity index is 2.75. The summed E-state index contributed by atoms with van der Waals surface area (Å²) in [7, 11) is 0. The summed E-state index contributed by atoms with van der Waals surface area (Å²) in [6.07, 6.45) is 4.34. The molecule has 1 aliphatic carbocycles. The molecule has 1 heteroatoms. The molecule has 0 spiro atoms. The van der Waals surface area contributed by atoms with Crippen molar-refractivity contribution in [2.24, 2.45) is 5.92 Å². The third kappa shape index (κ3) is 1.41. The molecule has 0 N–H and O–H groups in total. The fraction of sp³-hybridized carbons (Fsp3) is 0.500. The zero-order chi connectivity index (χ0) is 6.85. The van der Waals surface area contributed by atoms with Gasteiger partial charge >= 0.3 is 0 Å². The van der Waals surface area contributed by atoms with Crippen molar-refractivity contribution in [2.45, 2.75) is 20.3 Å². The lowest BCUT2D eigenvalue weighted by Crippen LogP contribution is -1.96. The van der Waals surface area contributed by atoms with Gasteiger partial charge in [-0.25, -0.2) is 4.39 Å². The van der Waals surface area contributed by atoms with Crippen LogP contribution < -0.4 is 0 Å². The zero-order valence-electron chi connectivity index (χ0n) is 5.82. The van der Waals surface area contributed by atoms with Gasteiger partial charge in [0.25, 0.3) is 0 Å². The van der Waals surface area contributed by atoms with Crippen molar-refractivity contribution in [3.05, 3.63) is 23.6 Å². The second-order valence-electron chi connectivity index (χ2n) is 2.67. The summed E-state index contributed by atoms with van der Waals surface area (Å²) in [5.41, 5.74) is 0.880. The van der Waals surface area contributed by atoms with Gasteiger partial charge in [0.2, 0.25) is 0 Å². The van der Waals surface area contributed by atoms with Crippen molar-refractivity contribution < 1.29 is 4.39 Å². The fourth-order valence-corrected chi connectivity index (χ4v) is 1.04. The molecule has 0 bridgehead atoms. The average molecular weight is 126 g/mol. The number of allylic oxidation sites excluding steroid dienone is 4. The van der Waals surface area contributed by atoms with E-state index in [1.54, 1.807) is 6.08 Å². The van der Waals surface area contributed by atoms with Crippen molar-refractivity contribution in [1.29, 1.82) is 0 Å². The van der Waals surface area contributed by atoms with Gasteiger partial charge in [0, 0.05) is 0 Å². The Kier molecular flexibility index (Phi) is 1.70. The van der Waals surface area contributed by atoms with E-state index in [0.717, 1.165) is 12.0 Å². The van der Waals surface area contributed by atoms with Crippen LogP contribution in [0.2, 0.25) is 0 Å². The van der Waals surface area contributed by atoms with E-state index < -0.39 is 0 Å². The molecule has 0 aromatic heterocycles. The lowest BCUT2D eigenvalue weighted by molar-refractivity contribution is 0.601. The van der Waals surface area contributed by atoms with Crippen molar-refractivity contribution in [2.75, 3.05) is 0 Å². The van der Waals surface area contributed by atoms with Gasteiger partial charge < -0.3 is 0 Å². The molecule has 0 aliphatic heterocycles. The molecule has 0 radical (unpaired) electrons. The van der Waals surface area contributed by atoms with Crippen LogP contribution in [-0.4, -0.2) is 0 Å². The molecule has 0 aromatic carbocycles. The summed E-state index contributed by atoms with van der Waals surface area (Å²) in [4.78, 5) is 0.